The van der Waals surface area contributed by atoms with E-state index in [1.165, 1.54) is 0 Å². The Balaban J connectivity index is 2.89. The second kappa shape index (κ2) is 5.67. The summed E-state index contributed by atoms with van der Waals surface area (Å²) in [4.78, 5) is 11.1. The van der Waals surface area contributed by atoms with Crippen molar-refractivity contribution in [3.05, 3.63) is 35.1 Å². The number of hydrogen-bond donors (Lipinski definition) is 1. The maximum atomic E-state index is 13.3. The molecule has 0 aliphatic heterocycles. The van der Waals surface area contributed by atoms with Crippen molar-refractivity contribution in [1.29, 1.82) is 0 Å². The number of nitrogens with two attached hydrogens (primary N) is 1. The quantitative estimate of drug-likeness (QED) is 0.828. The maximum absolute atomic E-state index is 13.3. The van der Waals surface area contributed by atoms with Crippen LogP contribution < -0.4 is 5.73 Å². The van der Waals surface area contributed by atoms with Crippen molar-refractivity contribution in [2.24, 2.45) is 5.73 Å². The lowest BCUT2D eigenvalue weighted by Crippen LogP contribution is -2.20. The number of ether oxygens (including phenoxy) is 1. The summed E-state index contributed by atoms with van der Waals surface area (Å²) in [5, 5.41) is 0. The van der Waals surface area contributed by atoms with E-state index in [1.807, 2.05) is 0 Å². The number of hydrogen-bond acceptors (Lipinski definition) is 3. The predicted octanol–water partition coefficient (Wildman–Crippen LogP) is 2.06. The first-order chi connectivity index (χ1) is 7.95. The van der Waals surface area contributed by atoms with Crippen LogP contribution in [-0.4, -0.2) is 12.6 Å². The minimum atomic E-state index is -1.20. The third kappa shape index (κ3) is 3.45. The fourth-order valence-corrected chi connectivity index (χ4v) is 1.41. The molecule has 0 spiro atoms. The summed E-state index contributed by atoms with van der Waals surface area (Å²) >= 11 is 0. The molecule has 0 saturated heterocycles. The number of carbonyl (C=O) groups is 1. The lowest BCUT2D eigenvalue weighted by atomic mass is 10.0. The van der Waals surface area contributed by atoms with Crippen LogP contribution in [0.4, 0.5) is 13.2 Å². The molecule has 2 N–H and O–H groups in total. The van der Waals surface area contributed by atoms with E-state index in [-0.39, 0.29) is 13.0 Å². The van der Waals surface area contributed by atoms with E-state index in [1.54, 1.807) is 6.92 Å². The topological polar surface area (TPSA) is 52.3 Å². The lowest BCUT2D eigenvalue weighted by molar-refractivity contribution is -0.143. The zero-order valence-corrected chi connectivity index (χ0v) is 9.17. The Kier molecular flexibility index (Phi) is 4.51. The largest absolute Gasteiger partial charge is 0.466 e. The number of rotatable bonds is 4. The van der Waals surface area contributed by atoms with E-state index in [9.17, 15) is 18.0 Å². The Morgan fingerprint density at radius 2 is 1.88 bits per heavy atom. The van der Waals surface area contributed by atoms with Crippen LogP contribution >= 0.6 is 0 Å². The standard InChI is InChI=1S/C11H12F3NO2/c1-2-17-10(16)5-9(15)11-7(13)3-6(12)4-8(11)14/h3-4,9H,2,5,15H2,1H3/t9-/m1/s1. The summed E-state index contributed by atoms with van der Waals surface area (Å²) in [6, 6.07) is -0.165. The molecule has 94 valence electrons. The zero-order chi connectivity index (χ0) is 13.0. The van der Waals surface area contributed by atoms with E-state index < -0.39 is 35.0 Å². The van der Waals surface area contributed by atoms with E-state index in [4.69, 9.17) is 5.73 Å². The number of carbonyl (C=O) groups excluding carboxylic acids is 1. The van der Waals surface area contributed by atoms with Gasteiger partial charge in [0, 0.05) is 23.7 Å². The Morgan fingerprint density at radius 3 is 2.35 bits per heavy atom. The first-order valence-electron chi connectivity index (χ1n) is 5.01. The Morgan fingerprint density at radius 1 is 1.35 bits per heavy atom. The van der Waals surface area contributed by atoms with Crippen molar-refractivity contribution in [1.82, 2.24) is 0 Å². The number of benzene rings is 1. The van der Waals surface area contributed by atoms with Gasteiger partial charge in [-0.3, -0.25) is 4.79 Å². The monoisotopic (exact) mass is 247 g/mol. The highest BCUT2D eigenvalue weighted by molar-refractivity contribution is 5.70. The van der Waals surface area contributed by atoms with E-state index in [2.05, 4.69) is 4.74 Å². The van der Waals surface area contributed by atoms with E-state index in [0.29, 0.717) is 12.1 Å². The van der Waals surface area contributed by atoms with E-state index in [0.717, 1.165) is 0 Å². The van der Waals surface area contributed by atoms with Crippen LogP contribution in [0.25, 0.3) is 0 Å². The Bertz CT molecular complexity index is 400. The van der Waals surface area contributed by atoms with Gasteiger partial charge in [0.25, 0.3) is 0 Å². The van der Waals surface area contributed by atoms with Gasteiger partial charge in [-0.25, -0.2) is 13.2 Å². The molecule has 17 heavy (non-hydrogen) atoms. The van der Waals surface area contributed by atoms with Crippen molar-refractivity contribution < 1.29 is 22.7 Å². The van der Waals surface area contributed by atoms with Gasteiger partial charge in [0.05, 0.1) is 13.0 Å². The normalized spacial score (nSPS) is 12.3. The van der Waals surface area contributed by atoms with Gasteiger partial charge < -0.3 is 10.5 Å². The smallest absolute Gasteiger partial charge is 0.307 e. The van der Waals surface area contributed by atoms with Crippen molar-refractivity contribution >= 4 is 5.97 Å². The van der Waals surface area contributed by atoms with Crippen molar-refractivity contribution in [2.45, 2.75) is 19.4 Å². The maximum Gasteiger partial charge on any atom is 0.307 e. The molecule has 0 amide bonds. The van der Waals surface area contributed by atoms with Crippen molar-refractivity contribution in [3.8, 4) is 0 Å². The molecule has 0 aliphatic rings. The minimum Gasteiger partial charge on any atom is -0.466 e. The van der Waals surface area contributed by atoms with Gasteiger partial charge in [-0.05, 0) is 6.92 Å². The molecule has 0 saturated carbocycles. The first-order valence-corrected chi connectivity index (χ1v) is 5.01. The van der Waals surface area contributed by atoms with Crippen LogP contribution in [0.5, 0.6) is 0 Å². The van der Waals surface area contributed by atoms with Crippen molar-refractivity contribution in [2.75, 3.05) is 6.61 Å². The minimum absolute atomic E-state index is 0.153. The van der Waals surface area contributed by atoms with Gasteiger partial charge in [-0.15, -0.1) is 0 Å². The SMILES string of the molecule is CCOC(=O)C[C@@H](N)c1c(F)cc(F)cc1F. The molecular formula is C11H12F3NO2. The van der Waals surface area contributed by atoms with Gasteiger partial charge in [0.15, 0.2) is 0 Å². The van der Waals surface area contributed by atoms with Crippen LogP contribution in [0.2, 0.25) is 0 Å². The molecule has 6 heteroatoms. The molecule has 0 fully saturated rings. The Hall–Kier alpha value is -1.56. The fourth-order valence-electron chi connectivity index (χ4n) is 1.41. The van der Waals surface area contributed by atoms with Crippen molar-refractivity contribution in [3.63, 3.8) is 0 Å². The molecule has 1 aromatic rings. The molecule has 0 bridgehead atoms. The molecule has 0 aromatic heterocycles. The average molecular weight is 247 g/mol. The fraction of sp³-hybridized carbons (Fsp3) is 0.364. The van der Waals surface area contributed by atoms with Gasteiger partial charge in [-0.2, -0.15) is 0 Å². The summed E-state index contributed by atoms with van der Waals surface area (Å²) in [6.07, 6.45) is -0.368. The molecule has 0 heterocycles. The van der Waals surface area contributed by atoms with Gasteiger partial charge >= 0.3 is 5.97 Å². The summed E-state index contributed by atoms with van der Waals surface area (Å²) < 4.78 is 43.8. The average Bonchev–Trinajstić information content (AvgIpc) is 2.15. The predicted molar refractivity (Wildman–Crippen MR) is 54.5 cm³/mol. The van der Waals surface area contributed by atoms with Crippen LogP contribution in [0.15, 0.2) is 12.1 Å². The van der Waals surface area contributed by atoms with Gasteiger partial charge in [0.1, 0.15) is 17.5 Å². The highest BCUT2D eigenvalue weighted by Crippen LogP contribution is 2.22. The zero-order valence-electron chi connectivity index (χ0n) is 9.17. The highest BCUT2D eigenvalue weighted by atomic mass is 19.1. The van der Waals surface area contributed by atoms with Crippen LogP contribution in [-0.2, 0) is 9.53 Å². The van der Waals surface area contributed by atoms with Crippen LogP contribution in [0.1, 0.15) is 24.9 Å². The molecule has 0 aliphatic carbocycles. The molecule has 0 radical (unpaired) electrons. The summed E-state index contributed by atoms with van der Waals surface area (Å²) in [7, 11) is 0. The highest BCUT2D eigenvalue weighted by Gasteiger charge is 2.21. The first kappa shape index (κ1) is 13.5. The second-order valence-corrected chi connectivity index (χ2v) is 3.40. The molecule has 0 unspecified atom stereocenters. The summed E-state index contributed by atoms with van der Waals surface area (Å²) in [5.74, 6) is -3.92. The van der Waals surface area contributed by atoms with Crippen LogP contribution in [0, 0.1) is 17.5 Å². The molecular weight excluding hydrogens is 235 g/mol. The molecule has 1 aromatic carbocycles. The summed E-state index contributed by atoms with van der Waals surface area (Å²) in [5.41, 5.74) is 4.96. The third-order valence-electron chi connectivity index (χ3n) is 2.11. The van der Waals surface area contributed by atoms with E-state index >= 15 is 0 Å². The second-order valence-electron chi connectivity index (χ2n) is 3.40. The third-order valence-corrected chi connectivity index (χ3v) is 2.11. The molecule has 3 nitrogen and oxygen atoms in total. The number of halogens is 3. The van der Waals surface area contributed by atoms with Gasteiger partial charge in [-0.1, -0.05) is 0 Å². The molecule has 1 atom stereocenters. The van der Waals surface area contributed by atoms with Crippen LogP contribution in [0.3, 0.4) is 0 Å². The number of esters is 1. The van der Waals surface area contributed by atoms with Gasteiger partial charge in [0.2, 0.25) is 0 Å². The summed E-state index contributed by atoms with van der Waals surface area (Å²) in [6.45, 7) is 1.75. The lowest BCUT2D eigenvalue weighted by Gasteiger charge is -2.13. The molecule has 1 rings (SSSR count). The Labute approximate surface area is 96.4 Å².